The van der Waals surface area contributed by atoms with Gasteiger partial charge >= 0.3 is 0 Å². The highest BCUT2D eigenvalue weighted by Gasteiger charge is 2.04. The molecule has 0 radical (unpaired) electrons. The summed E-state index contributed by atoms with van der Waals surface area (Å²) in [4.78, 5) is 0. The van der Waals surface area contributed by atoms with Crippen LogP contribution in [0.5, 0.6) is 5.75 Å². The summed E-state index contributed by atoms with van der Waals surface area (Å²) in [6.45, 7) is 4.59. The second kappa shape index (κ2) is 6.44. The van der Waals surface area contributed by atoms with E-state index >= 15 is 0 Å². The predicted octanol–water partition coefficient (Wildman–Crippen LogP) is 4.34. The molecule has 0 saturated heterocycles. The molecule has 104 valence electrons. The van der Waals surface area contributed by atoms with Gasteiger partial charge in [-0.15, -0.1) is 0 Å². The smallest absolute Gasteiger partial charge is 0.138 e. The van der Waals surface area contributed by atoms with Crippen LogP contribution in [0.2, 0.25) is 5.02 Å². The van der Waals surface area contributed by atoms with Crippen LogP contribution in [0.3, 0.4) is 0 Å². The van der Waals surface area contributed by atoms with Gasteiger partial charge in [0, 0.05) is 0 Å². The standard InChI is InChI=1S/C16H16ClNO2/c1-11-5-12(2)7-14(6-11)10-20-16-4-3-13(9-18-19)8-15(16)17/h3-9,19H,10H2,1-2H3/b18-9-. The zero-order valence-electron chi connectivity index (χ0n) is 11.4. The molecule has 20 heavy (non-hydrogen) atoms. The number of benzene rings is 2. The van der Waals surface area contributed by atoms with Crippen LogP contribution in [-0.4, -0.2) is 11.4 Å². The Labute approximate surface area is 123 Å². The summed E-state index contributed by atoms with van der Waals surface area (Å²) < 4.78 is 5.73. The zero-order valence-corrected chi connectivity index (χ0v) is 12.2. The van der Waals surface area contributed by atoms with E-state index in [0.29, 0.717) is 17.4 Å². The summed E-state index contributed by atoms with van der Waals surface area (Å²) >= 11 is 6.13. The van der Waals surface area contributed by atoms with E-state index < -0.39 is 0 Å². The molecule has 0 unspecified atom stereocenters. The quantitative estimate of drug-likeness (QED) is 0.517. The van der Waals surface area contributed by atoms with Gasteiger partial charge in [-0.25, -0.2) is 0 Å². The maximum absolute atomic E-state index is 8.48. The number of oxime groups is 1. The number of hydrogen-bond donors (Lipinski definition) is 1. The molecule has 2 rings (SSSR count). The Kier molecular flexibility index (Phi) is 4.64. The second-order valence-electron chi connectivity index (χ2n) is 4.72. The van der Waals surface area contributed by atoms with E-state index in [-0.39, 0.29) is 0 Å². The average Bonchev–Trinajstić information content (AvgIpc) is 2.37. The molecular formula is C16H16ClNO2. The van der Waals surface area contributed by atoms with Crippen molar-refractivity contribution in [2.24, 2.45) is 5.16 Å². The number of nitrogens with zero attached hydrogens (tertiary/aromatic N) is 1. The molecule has 0 saturated carbocycles. The lowest BCUT2D eigenvalue weighted by Gasteiger charge is -2.10. The van der Waals surface area contributed by atoms with Crippen LogP contribution < -0.4 is 4.74 Å². The fourth-order valence-electron chi connectivity index (χ4n) is 2.09. The minimum atomic E-state index is 0.468. The SMILES string of the molecule is Cc1cc(C)cc(COc2ccc(/C=N\O)cc2Cl)c1. The lowest BCUT2D eigenvalue weighted by molar-refractivity contribution is 0.306. The van der Waals surface area contributed by atoms with Gasteiger partial charge in [-0.05, 0) is 43.2 Å². The third-order valence-corrected chi connectivity index (χ3v) is 3.13. The third kappa shape index (κ3) is 3.75. The molecule has 0 aliphatic rings. The predicted molar refractivity (Wildman–Crippen MR) is 81.1 cm³/mol. The van der Waals surface area contributed by atoms with Crippen molar-refractivity contribution in [3.8, 4) is 5.75 Å². The number of aryl methyl sites for hydroxylation is 2. The van der Waals surface area contributed by atoms with Crippen LogP contribution in [-0.2, 0) is 6.61 Å². The molecule has 0 fully saturated rings. The van der Waals surface area contributed by atoms with Crippen molar-refractivity contribution in [1.82, 2.24) is 0 Å². The van der Waals surface area contributed by atoms with Crippen molar-refractivity contribution in [1.29, 1.82) is 0 Å². The van der Waals surface area contributed by atoms with E-state index in [1.165, 1.54) is 17.3 Å². The van der Waals surface area contributed by atoms with Crippen molar-refractivity contribution < 1.29 is 9.94 Å². The fraction of sp³-hybridized carbons (Fsp3) is 0.188. The van der Waals surface area contributed by atoms with Crippen LogP contribution in [0.25, 0.3) is 0 Å². The van der Waals surface area contributed by atoms with E-state index in [2.05, 4.69) is 37.2 Å². The summed E-state index contributed by atoms with van der Waals surface area (Å²) in [7, 11) is 0. The van der Waals surface area contributed by atoms with Gasteiger partial charge in [0.05, 0.1) is 11.2 Å². The van der Waals surface area contributed by atoms with E-state index in [1.807, 2.05) is 0 Å². The lowest BCUT2D eigenvalue weighted by atomic mass is 10.1. The molecule has 1 N–H and O–H groups in total. The minimum Gasteiger partial charge on any atom is -0.487 e. The summed E-state index contributed by atoms with van der Waals surface area (Å²) in [5.74, 6) is 0.612. The second-order valence-corrected chi connectivity index (χ2v) is 5.13. The molecule has 0 aromatic heterocycles. The van der Waals surface area contributed by atoms with Crippen LogP contribution >= 0.6 is 11.6 Å². The monoisotopic (exact) mass is 289 g/mol. The first-order valence-corrected chi connectivity index (χ1v) is 6.63. The molecule has 0 aliphatic heterocycles. The maximum atomic E-state index is 8.48. The Morgan fingerprint density at radius 2 is 1.85 bits per heavy atom. The van der Waals surface area contributed by atoms with Crippen molar-refractivity contribution >= 4 is 17.8 Å². The summed E-state index contributed by atoms with van der Waals surface area (Å²) in [6.07, 6.45) is 1.32. The topological polar surface area (TPSA) is 41.8 Å². The van der Waals surface area contributed by atoms with Gasteiger partial charge in [0.15, 0.2) is 0 Å². The molecule has 3 nitrogen and oxygen atoms in total. The van der Waals surface area contributed by atoms with Crippen molar-refractivity contribution in [3.05, 3.63) is 63.7 Å². The van der Waals surface area contributed by atoms with Crippen molar-refractivity contribution in [2.45, 2.75) is 20.5 Å². The van der Waals surface area contributed by atoms with E-state index in [4.69, 9.17) is 21.5 Å². The van der Waals surface area contributed by atoms with Crippen LogP contribution in [0, 0.1) is 13.8 Å². The summed E-state index contributed by atoms with van der Waals surface area (Å²) in [5, 5.41) is 11.9. The molecule has 4 heteroatoms. The highest BCUT2D eigenvalue weighted by Crippen LogP contribution is 2.26. The molecule has 0 spiro atoms. The van der Waals surface area contributed by atoms with Crippen molar-refractivity contribution in [3.63, 3.8) is 0 Å². The normalized spacial score (nSPS) is 10.9. The van der Waals surface area contributed by atoms with Crippen molar-refractivity contribution in [2.75, 3.05) is 0 Å². The summed E-state index contributed by atoms with van der Waals surface area (Å²) in [6, 6.07) is 11.5. The number of rotatable bonds is 4. The van der Waals surface area contributed by atoms with Gasteiger partial charge < -0.3 is 9.94 Å². The first-order chi connectivity index (χ1) is 9.58. The van der Waals surface area contributed by atoms with Gasteiger partial charge in [-0.1, -0.05) is 46.1 Å². The maximum Gasteiger partial charge on any atom is 0.138 e. The summed E-state index contributed by atoms with van der Waals surface area (Å²) in [5.41, 5.74) is 4.25. The van der Waals surface area contributed by atoms with Gasteiger partial charge in [-0.3, -0.25) is 0 Å². The minimum absolute atomic E-state index is 0.468. The van der Waals surface area contributed by atoms with E-state index in [1.54, 1.807) is 18.2 Å². The first kappa shape index (κ1) is 14.4. The van der Waals surface area contributed by atoms with Gasteiger partial charge in [-0.2, -0.15) is 0 Å². The highest BCUT2D eigenvalue weighted by atomic mass is 35.5. The molecule has 0 bridgehead atoms. The first-order valence-electron chi connectivity index (χ1n) is 6.25. The van der Waals surface area contributed by atoms with E-state index in [0.717, 1.165) is 11.1 Å². The fourth-order valence-corrected chi connectivity index (χ4v) is 2.34. The Balaban J connectivity index is 2.10. The lowest BCUT2D eigenvalue weighted by Crippen LogP contribution is -1.97. The molecule has 0 heterocycles. The number of hydrogen-bond acceptors (Lipinski definition) is 3. The molecule has 2 aromatic carbocycles. The van der Waals surface area contributed by atoms with Crippen LogP contribution in [0.1, 0.15) is 22.3 Å². The van der Waals surface area contributed by atoms with Crippen LogP contribution in [0.4, 0.5) is 0 Å². The molecule has 2 aromatic rings. The third-order valence-electron chi connectivity index (χ3n) is 2.84. The van der Waals surface area contributed by atoms with E-state index in [9.17, 15) is 0 Å². The largest absolute Gasteiger partial charge is 0.487 e. The number of halogens is 1. The Morgan fingerprint density at radius 3 is 2.45 bits per heavy atom. The Morgan fingerprint density at radius 1 is 1.15 bits per heavy atom. The molecule has 0 aliphatic carbocycles. The Hall–Kier alpha value is -2.00. The van der Waals surface area contributed by atoms with Gasteiger partial charge in [0.2, 0.25) is 0 Å². The number of ether oxygens (including phenoxy) is 1. The average molecular weight is 290 g/mol. The molecule has 0 atom stereocenters. The molecular weight excluding hydrogens is 274 g/mol. The molecule has 0 amide bonds. The Bertz CT molecular complexity index is 618. The zero-order chi connectivity index (χ0) is 14.5. The van der Waals surface area contributed by atoms with Gasteiger partial charge in [0.1, 0.15) is 12.4 Å². The van der Waals surface area contributed by atoms with Crippen LogP contribution in [0.15, 0.2) is 41.6 Å². The highest BCUT2D eigenvalue weighted by molar-refractivity contribution is 6.32. The van der Waals surface area contributed by atoms with Gasteiger partial charge in [0.25, 0.3) is 0 Å².